The van der Waals surface area contributed by atoms with Crippen molar-refractivity contribution in [2.75, 3.05) is 59.9 Å². The molecule has 25 heavy (non-hydrogen) atoms. The molecule has 0 aliphatic carbocycles. The lowest BCUT2D eigenvalue weighted by Gasteiger charge is -2.39. The molecule has 2 N–H and O–H groups in total. The van der Waals surface area contributed by atoms with Gasteiger partial charge in [0.15, 0.2) is 5.96 Å². The van der Waals surface area contributed by atoms with Gasteiger partial charge in [-0.15, -0.1) is 24.0 Å². The number of aliphatic imine (C=N–C) groups is 1. The number of hydrogen-bond donors (Lipinski definition) is 2. The van der Waals surface area contributed by atoms with E-state index in [1.807, 2.05) is 11.8 Å². The van der Waals surface area contributed by atoms with Crippen molar-refractivity contribution in [2.45, 2.75) is 25.8 Å². The van der Waals surface area contributed by atoms with Crippen molar-refractivity contribution < 1.29 is 9.59 Å². The van der Waals surface area contributed by atoms with Crippen LogP contribution in [-0.4, -0.2) is 98.4 Å². The van der Waals surface area contributed by atoms with E-state index in [-0.39, 0.29) is 48.4 Å². The van der Waals surface area contributed by atoms with E-state index in [1.54, 1.807) is 14.1 Å². The standard InChI is InChI=1S/C16H30N6O2.HI/c1-13(15(24)21-6-4-5-7-21)20-8-10-22(11-9-20)16(18-3)19-12-14(23)17-2;/h13H,4-12H2,1-3H3,(H,17,23)(H,18,19);1H. The number of rotatable bonds is 4. The molecular weight excluding hydrogens is 435 g/mol. The van der Waals surface area contributed by atoms with Gasteiger partial charge in [-0.1, -0.05) is 0 Å². The van der Waals surface area contributed by atoms with Crippen molar-refractivity contribution in [2.24, 2.45) is 4.99 Å². The summed E-state index contributed by atoms with van der Waals surface area (Å²) in [5, 5.41) is 5.65. The van der Waals surface area contributed by atoms with Gasteiger partial charge in [-0.2, -0.15) is 0 Å². The zero-order valence-electron chi connectivity index (χ0n) is 15.5. The topological polar surface area (TPSA) is 80.3 Å². The second-order valence-electron chi connectivity index (χ2n) is 6.31. The highest BCUT2D eigenvalue weighted by molar-refractivity contribution is 14.0. The highest BCUT2D eigenvalue weighted by atomic mass is 127. The molecule has 1 atom stereocenters. The lowest BCUT2D eigenvalue weighted by atomic mass is 10.2. The Balaban J connectivity index is 0.00000312. The third kappa shape index (κ3) is 5.98. The Morgan fingerprint density at radius 2 is 1.64 bits per heavy atom. The zero-order valence-corrected chi connectivity index (χ0v) is 17.8. The van der Waals surface area contributed by atoms with Gasteiger partial charge >= 0.3 is 0 Å². The number of hydrogen-bond acceptors (Lipinski definition) is 4. The number of amides is 2. The van der Waals surface area contributed by atoms with E-state index in [9.17, 15) is 9.59 Å². The third-order valence-corrected chi connectivity index (χ3v) is 4.83. The molecular formula is C16H31IN6O2. The molecule has 0 aromatic carbocycles. The van der Waals surface area contributed by atoms with Crippen LogP contribution in [0.4, 0.5) is 0 Å². The van der Waals surface area contributed by atoms with Crippen LogP contribution in [0.1, 0.15) is 19.8 Å². The first kappa shape index (κ1) is 21.9. The van der Waals surface area contributed by atoms with Gasteiger partial charge in [-0.3, -0.25) is 19.5 Å². The summed E-state index contributed by atoms with van der Waals surface area (Å²) in [5.74, 6) is 0.916. The van der Waals surface area contributed by atoms with Crippen molar-refractivity contribution in [1.82, 2.24) is 25.3 Å². The lowest BCUT2D eigenvalue weighted by Crippen LogP contribution is -2.57. The monoisotopic (exact) mass is 466 g/mol. The number of likely N-dealkylation sites (N-methyl/N-ethyl adjacent to an activating group) is 1. The zero-order chi connectivity index (χ0) is 17.5. The normalized spacial score (nSPS) is 20.0. The van der Waals surface area contributed by atoms with Crippen LogP contribution in [0.25, 0.3) is 0 Å². The Morgan fingerprint density at radius 3 is 2.16 bits per heavy atom. The van der Waals surface area contributed by atoms with Crippen LogP contribution in [0.5, 0.6) is 0 Å². The average Bonchev–Trinajstić information content (AvgIpc) is 3.16. The molecule has 2 aliphatic rings. The van der Waals surface area contributed by atoms with Crippen molar-refractivity contribution in [3.8, 4) is 0 Å². The summed E-state index contributed by atoms with van der Waals surface area (Å²) in [6.45, 7) is 7.26. The molecule has 9 heteroatoms. The van der Waals surface area contributed by atoms with Crippen LogP contribution in [0.2, 0.25) is 0 Å². The van der Waals surface area contributed by atoms with E-state index in [0.717, 1.165) is 58.1 Å². The van der Waals surface area contributed by atoms with Gasteiger partial charge in [0.25, 0.3) is 0 Å². The molecule has 1 unspecified atom stereocenters. The molecule has 2 fully saturated rings. The van der Waals surface area contributed by atoms with E-state index in [1.165, 1.54) is 0 Å². The van der Waals surface area contributed by atoms with Crippen molar-refractivity contribution in [3.05, 3.63) is 0 Å². The number of nitrogens with zero attached hydrogens (tertiary/aromatic N) is 4. The second kappa shape index (κ2) is 10.8. The maximum Gasteiger partial charge on any atom is 0.239 e. The predicted molar refractivity (Wildman–Crippen MR) is 109 cm³/mol. The Kier molecular flexibility index (Phi) is 9.47. The summed E-state index contributed by atoms with van der Waals surface area (Å²) in [6.07, 6.45) is 2.25. The van der Waals surface area contributed by atoms with Crippen LogP contribution >= 0.6 is 24.0 Å². The number of halogens is 1. The summed E-state index contributed by atoms with van der Waals surface area (Å²) in [5.41, 5.74) is 0. The Hall–Kier alpha value is -1.10. The number of likely N-dealkylation sites (tertiary alicyclic amines) is 1. The fourth-order valence-electron chi connectivity index (χ4n) is 3.26. The van der Waals surface area contributed by atoms with E-state index in [0.29, 0.717) is 0 Å². The third-order valence-electron chi connectivity index (χ3n) is 4.83. The van der Waals surface area contributed by atoms with Gasteiger partial charge in [0.2, 0.25) is 11.8 Å². The molecule has 0 spiro atoms. The second-order valence-corrected chi connectivity index (χ2v) is 6.31. The summed E-state index contributed by atoms with van der Waals surface area (Å²) in [7, 11) is 3.34. The quantitative estimate of drug-likeness (QED) is 0.334. The molecule has 2 saturated heterocycles. The van der Waals surface area contributed by atoms with Gasteiger partial charge < -0.3 is 20.4 Å². The van der Waals surface area contributed by atoms with Gasteiger partial charge in [-0.05, 0) is 19.8 Å². The Morgan fingerprint density at radius 1 is 1.04 bits per heavy atom. The number of carbonyl (C=O) groups excluding carboxylic acids is 2. The smallest absolute Gasteiger partial charge is 0.239 e. The molecule has 2 aliphatic heterocycles. The van der Waals surface area contributed by atoms with Gasteiger partial charge in [-0.25, -0.2) is 0 Å². The number of nitrogens with one attached hydrogen (secondary N) is 2. The molecule has 144 valence electrons. The molecule has 0 bridgehead atoms. The summed E-state index contributed by atoms with van der Waals surface area (Å²) < 4.78 is 0. The minimum absolute atomic E-state index is 0. The Labute approximate surface area is 167 Å². The summed E-state index contributed by atoms with van der Waals surface area (Å²) in [4.78, 5) is 34.5. The maximum absolute atomic E-state index is 12.5. The minimum atomic E-state index is -0.0698. The summed E-state index contributed by atoms with van der Waals surface area (Å²) >= 11 is 0. The first-order valence-electron chi connectivity index (χ1n) is 8.75. The molecule has 8 nitrogen and oxygen atoms in total. The molecule has 0 aromatic rings. The van der Waals surface area contributed by atoms with Gasteiger partial charge in [0.1, 0.15) is 0 Å². The van der Waals surface area contributed by atoms with Crippen LogP contribution in [0.15, 0.2) is 4.99 Å². The van der Waals surface area contributed by atoms with Crippen molar-refractivity contribution >= 4 is 41.8 Å². The number of guanidine groups is 1. The van der Waals surface area contributed by atoms with Crippen molar-refractivity contribution in [1.29, 1.82) is 0 Å². The fraction of sp³-hybridized carbons (Fsp3) is 0.812. The lowest BCUT2D eigenvalue weighted by molar-refractivity contribution is -0.135. The fourth-order valence-corrected chi connectivity index (χ4v) is 3.26. The highest BCUT2D eigenvalue weighted by Gasteiger charge is 2.30. The highest BCUT2D eigenvalue weighted by Crippen LogP contribution is 2.13. The molecule has 0 radical (unpaired) electrons. The van der Waals surface area contributed by atoms with Crippen LogP contribution in [-0.2, 0) is 9.59 Å². The average molecular weight is 466 g/mol. The van der Waals surface area contributed by atoms with Crippen LogP contribution in [0.3, 0.4) is 0 Å². The molecule has 0 saturated carbocycles. The SMILES string of the molecule is CN=C(NCC(=O)NC)N1CCN(C(C)C(=O)N2CCCC2)CC1.I. The largest absolute Gasteiger partial charge is 0.358 e. The Bertz CT molecular complexity index is 473. The molecule has 2 heterocycles. The minimum Gasteiger partial charge on any atom is -0.358 e. The first-order chi connectivity index (χ1) is 11.6. The number of piperazine rings is 1. The van der Waals surface area contributed by atoms with E-state index in [2.05, 4.69) is 25.4 Å². The molecule has 2 amide bonds. The van der Waals surface area contributed by atoms with Gasteiger partial charge in [0, 0.05) is 53.4 Å². The summed E-state index contributed by atoms with van der Waals surface area (Å²) in [6, 6.07) is -0.0638. The molecule has 0 aromatic heterocycles. The van der Waals surface area contributed by atoms with E-state index < -0.39 is 0 Å². The number of carbonyl (C=O) groups is 2. The maximum atomic E-state index is 12.5. The van der Waals surface area contributed by atoms with Crippen LogP contribution < -0.4 is 10.6 Å². The predicted octanol–water partition coefficient (Wildman–Crippen LogP) is -0.446. The van der Waals surface area contributed by atoms with Crippen molar-refractivity contribution in [3.63, 3.8) is 0 Å². The first-order valence-corrected chi connectivity index (χ1v) is 8.75. The van der Waals surface area contributed by atoms with E-state index in [4.69, 9.17) is 0 Å². The molecule has 2 rings (SSSR count). The van der Waals surface area contributed by atoms with E-state index >= 15 is 0 Å². The van der Waals surface area contributed by atoms with Gasteiger partial charge in [0.05, 0.1) is 12.6 Å². The van der Waals surface area contributed by atoms with Crippen LogP contribution in [0, 0.1) is 0 Å².